The van der Waals surface area contributed by atoms with Crippen LogP contribution in [0.2, 0.25) is 0 Å². The topological polar surface area (TPSA) is 91.9 Å². The van der Waals surface area contributed by atoms with Gasteiger partial charge in [-0.2, -0.15) is 0 Å². The highest BCUT2D eigenvalue weighted by atomic mass is 35.5. The van der Waals surface area contributed by atoms with Gasteiger partial charge in [0.25, 0.3) is 0 Å². The number of hydrogen-bond acceptors (Lipinski definition) is 4. The number of H-pyrrole nitrogens is 1. The summed E-state index contributed by atoms with van der Waals surface area (Å²) >= 11 is 5.79. The third-order valence-electron chi connectivity index (χ3n) is 5.34. The number of rotatable bonds is 3. The van der Waals surface area contributed by atoms with Crippen LogP contribution in [0.5, 0.6) is 11.5 Å². The highest BCUT2D eigenvalue weighted by Gasteiger charge is 2.46. The number of hydrogen-bond donors (Lipinski definition) is 2. The molecule has 1 amide bonds. The van der Waals surface area contributed by atoms with Crippen molar-refractivity contribution in [2.75, 3.05) is 5.88 Å². The van der Waals surface area contributed by atoms with Crippen LogP contribution in [-0.2, 0) is 16.0 Å². The van der Waals surface area contributed by atoms with Gasteiger partial charge in [-0.25, -0.2) is 4.79 Å². The van der Waals surface area contributed by atoms with E-state index >= 15 is 0 Å². The van der Waals surface area contributed by atoms with E-state index in [1.54, 1.807) is 24.3 Å². The van der Waals surface area contributed by atoms with Crippen LogP contribution in [-0.4, -0.2) is 45.1 Å². The number of nitrogens with one attached hydrogen (secondary N) is 1. The first-order chi connectivity index (χ1) is 15.2. The molecule has 160 valence electrons. The lowest BCUT2D eigenvalue weighted by Crippen LogP contribution is -2.52. The zero-order valence-electron chi connectivity index (χ0n) is 16.7. The number of ether oxygens (including phenoxy) is 2. The molecule has 3 heterocycles. The van der Waals surface area contributed by atoms with Gasteiger partial charge in [-0.15, -0.1) is 20.4 Å². The third kappa shape index (κ3) is 3.07. The first kappa shape index (κ1) is 18.4. The van der Waals surface area contributed by atoms with Crippen molar-refractivity contribution in [1.29, 1.82) is 0 Å². The lowest BCUT2D eigenvalue weighted by Gasteiger charge is -2.40. The van der Waals surface area contributed by atoms with Crippen LogP contribution in [0.15, 0.2) is 42.5 Å². The highest BCUT2D eigenvalue weighted by Crippen LogP contribution is 2.46. The van der Waals surface area contributed by atoms with Gasteiger partial charge in [-0.05, 0) is 29.3 Å². The van der Waals surface area contributed by atoms with Gasteiger partial charge in [0.15, 0.2) is 11.5 Å². The van der Waals surface area contributed by atoms with Gasteiger partial charge in [0, 0.05) is 23.0 Å². The molecule has 3 aromatic rings. The number of aromatic nitrogens is 1. The van der Waals surface area contributed by atoms with E-state index in [9.17, 15) is 24.8 Å². The third-order valence-corrected chi connectivity index (χ3v) is 5.57. The maximum absolute atomic E-state index is 13.6. The number of alkyl halides is 3. The molecule has 31 heavy (non-hydrogen) atoms. The molecule has 2 aliphatic rings. The van der Waals surface area contributed by atoms with Crippen LogP contribution in [0.1, 0.15) is 24.2 Å². The van der Waals surface area contributed by atoms with Crippen LogP contribution in [0.25, 0.3) is 10.9 Å². The maximum atomic E-state index is 13.6. The second kappa shape index (κ2) is 6.84. The number of aromatic amines is 1. The number of fused-ring (bicyclic) bond motifs is 4. The Hall–Kier alpha value is -3.33. The summed E-state index contributed by atoms with van der Waals surface area (Å²) in [5, 5.41) is 10.6. The van der Waals surface area contributed by atoms with Crippen molar-refractivity contribution in [1.82, 2.24) is 9.88 Å². The molecule has 10 heteroatoms. The second-order valence-corrected chi connectivity index (χ2v) is 7.42. The van der Waals surface area contributed by atoms with Gasteiger partial charge in [0.05, 0.1) is 7.39 Å². The van der Waals surface area contributed by atoms with Crippen LogP contribution >= 0.6 is 11.6 Å². The lowest BCUT2D eigenvalue weighted by atomic mass is 9.88. The molecule has 2 aliphatic heterocycles. The quantitative estimate of drug-likeness (QED) is 0.469. The van der Waals surface area contributed by atoms with Crippen molar-refractivity contribution in [3.8, 4) is 11.5 Å². The van der Waals surface area contributed by atoms with Crippen molar-refractivity contribution >= 4 is 34.4 Å². The minimum absolute atomic E-state index is 0.0368. The van der Waals surface area contributed by atoms with E-state index in [2.05, 4.69) is 14.5 Å². The first-order valence-corrected chi connectivity index (χ1v) is 9.80. The fourth-order valence-electron chi connectivity index (χ4n) is 4.12. The molecular formula is C21H15ClF2N2O5. The predicted octanol–water partition coefficient (Wildman–Crippen LogP) is 3.66. The summed E-state index contributed by atoms with van der Waals surface area (Å²) in [5.41, 5.74) is 1.48. The molecule has 7 nitrogen and oxygen atoms in total. The number of carbonyl (C=O) groups excluding carboxylic acids is 1. The van der Waals surface area contributed by atoms with Crippen LogP contribution < -0.4 is 9.47 Å². The van der Waals surface area contributed by atoms with E-state index in [1.807, 2.05) is 0 Å². The van der Waals surface area contributed by atoms with Crippen LogP contribution in [0, 0.1) is 0 Å². The molecular weight excluding hydrogens is 435 g/mol. The zero-order valence-corrected chi connectivity index (χ0v) is 16.5. The van der Waals surface area contributed by atoms with Gasteiger partial charge in [-0.1, -0.05) is 24.3 Å². The molecule has 1 aromatic heterocycles. The number of para-hydroxylation sites is 1. The normalized spacial score (nSPS) is 24.0. The van der Waals surface area contributed by atoms with E-state index in [0.29, 0.717) is 16.5 Å². The monoisotopic (exact) mass is 450 g/mol. The Morgan fingerprint density at radius 3 is 2.74 bits per heavy atom. The number of benzene rings is 2. The van der Waals surface area contributed by atoms with E-state index in [0.717, 1.165) is 11.0 Å². The number of aliphatic carboxylic acids is 1. The van der Waals surface area contributed by atoms with Crippen molar-refractivity contribution in [2.24, 2.45) is 0 Å². The smallest absolute Gasteiger partial charge is 0.480 e. The number of amides is 1. The average molecular weight is 451 g/mol. The predicted molar refractivity (Wildman–Crippen MR) is 105 cm³/mol. The molecule has 2 aromatic carbocycles. The Kier molecular flexibility index (Phi) is 4.07. The van der Waals surface area contributed by atoms with Crippen LogP contribution in [0.3, 0.4) is 0 Å². The summed E-state index contributed by atoms with van der Waals surface area (Å²) in [5.74, 6) is -3.24. The minimum atomic E-state index is -3.87. The Balaban J connectivity index is 1.79. The standard InChI is InChI=1S/C21H15ClF2N2O5/c22-9-17(27)26-14(20(28)29)8-12-11-3-1-2-4-13(11)25-18(12)19(26)10-5-6-15-16(7-10)31-21(23,24)30-15/h1-7,14,19,25H,8-9H2,(H,28,29)/i9+1,19D. The molecule has 2 unspecified atom stereocenters. The molecule has 2 N–H and O–H groups in total. The molecule has 2 atom stereocenters. The van der Waals surface area contributed by atoms with Crippen molar-refractivity contribution in [3.05, 3.63) is 59.3 Å². The van der Waals surface area contributed by atoms with E-state index < -0.39 is 36.1 Å². The van der Waals surface area contributed by atoms with Gasteiger partial charge in [0.1, 0.15) is 11.9 Å². The fraction of sp³-hybridized carbons (Fsp3) is 0.238. The summed E-state index contributed by atoms with van der Waals surface area (Å²) in [4.78, 5) is 29.0. The molecule has 5 rings (SSSR count). The zero-order chi connectivity index (χ0) is 22.8. The van der Waals surface area contributed by atoms with Gasteiger partial charge >= 0.3 is 12.3 Å². The molecule has 0 spiro atoms. The SMILES string of the molecule is [2H]C1(c2ccc3c(c2)OC(F)(F)O3)c2[nH]c3ccccc3c2CC(C(=O)O)N1C(=O)[13CH2]Cl. The van der Waals surface area contributed by atoms with E-state index in [-0.39, 0.29) is 29.2 Å². The number of carboxylic acid groups (broad SMARTS) is 1. The Bertz CT molecular complexity index is 1280. The first-order valence-electron chi connectivity index (χ1n) is 9.77. The summed E-state index contributed by atoms with van der Waals surface area (Å²) in [6.07, 6.45) is -3.93. The summed E-state index contributed by atoms with van der Waals surface area (Å²) in [6.45, 7) is 0. The fourth-order valence-corrected chi connectivity index (χ4v) is 4.24. The van der Waals surface area contributed by atoms with Crippen molar-refractivity contribution < 1.29 is 34.3 Å². The maximum Gasteiger partial charge on any atom is 0.586 e. The summed E-state index contributed by atoms with van der Waals surface area (Å²) in [7, 11) is 0. The Labute approximate surface area is 180 Å². The number of carbonyl (C=O) groups is 2. The summed E-state index contributed by atoms with van der Waals surface area (Å²) in [6, 6.07) is 7.24. The minimum Gasteiger partial charge on any atom is -0.480 e. The van der Waals surface area contributed by atoms with Crippen molar-refractivity contribution in [2.45, 2.75) is 24.8 Å². The van der Waals surface area contributed by atoms with Gasteiger partial charge in [0.2, 0.25) is 5.91 Å². The Morgan fingerprint density at radius 2 is 2.00 bits per heavy atom. The Morgan fingerprint density at radius 1 is 1.26 bits per heavy atom. The molecule has 0 saturated carbocycles. The van der Waals surface area contributed by atoms with E-state index in [4.69, 9.17) is 11.6 Å². The largest absolute Gasteiger partial charge is 0.586 e. The van der Waals surface area contributed by atoms with Gasteiger partial charge < -0.3 is 24.5 Å². The molecule has 0 fully saturated rings. The van der Waals surface area contributed by atoms with Crippen LogP contribution in [0.4, 0.5) is 8.78 Å². The second-order valence-electron chi connectivity index (χ2n) is 7.16. The molecule has 0 aliphatic carbocycles. The van der Waals surface area contributed by atoms with E-state index in [1.165, 1.54) is 12.1 Å². The highest BCUT2D eigenvalue weighted by molar-refractivity contribution is 6.27. The van der Waals surface area contributed by atoms with Gasteiger partial charge in [-0.3, -0.25) is 4.79 Å². The van der Waals surface area contributed by atoms with Crippen molar-refractivity contribution in [3.63, 3.8) is 0 Å². The lowest BCUT2D eigenvalue weighted by molar-refractivity contribution is -0.286. The number of halogens is 3. The summed E-state index contributed by atoms with van der Waals surface area (Å²) < 4.78 is 45.5. The molecule has 0 bridgehead atoms. The number of nitrogens with zero attached hydrogens (tertiary/aromatic N) is 1. The average Bonchev–Trinajstić information content (AvgIpc) is 3.28. The molecule has 0 saturated heterocycles. The number of carboxylic acids is 1. The molecule has 0 radical (unpaired) electrons.